The van der Waals surface area contributed by atoms with Crippen molar-refractivity contribution in [3.8, 4) is 67.5 Å². The number of hydrogen-bond donors (Lipinski definition) is 0. The van der Waals surface area contributed by atoms with E-state index in [9.17, 15) is 0 Å². The monoisotopic (exact) mass is 662 g/mol. The predicted molar refractivity (Wildman–Crippen MR) is 214 cm³/mol. The molecule has 9 rings (SSSR count). The van der Waals surface area contributed by atoms with Gasteiger partial charge in [-0.2, -0.15) is 0 Å². The van der Waals surface area contributed by atoms with Gasteiger partial charge in [-0.15, -0.1) is 0 Å². The van der Waals surface area contributed by atoms with Crippen molar-refractivity contribution in [2.75, 3.05) is 0 Å². The molecule has 0 fully saturated rings. The van der Waals surface area contributed by atoms with Crippen molar-refractivity contribution in [1.29, 1.82) is 0 Å². The molecule has 0 spiro atoms. The molecule has 0 saturated heterocycles. The molecule has 0 unspecified atom stereocenters. The largest absolute Gasteiger partial charge is 0.238 e. The van der Waals surface area contributed by atoms with E-state index in [4.69, 9.17) is 21.5 Å². The van der Waals surface area contributed by atoms with Crippen LogP contribution in [0.2, 0.25) is 0 Å². The van der Waals surface area contributed by atoms with Gasteiger partial charge in [0.15, 0.2) is 23.2 Å². The van der Waals surface area contributed by atoms with Gasteiger partial charge in [0.25, 0.3) is 0 Å². The van der Waals surface area contributed by atoms with Crippen LogP contribution >= 0.6 is 0 Å². The van der Waals surface area contributed by atoms with Crippen LogP contribution in [0.25, 0.3) is 93.9 Å². The standard InChI is InChI=1S/C48H30N4/c1-49-38-27-24-33(25-28-38)39-30-31-43(42-19-11-10-18-41(39)42)44-29-26-32-12-8-9-17-40(32)45(44)34-20-22-37(23-21-34)48-51-46(35-13-4-2-5-14-35)50-47(52-48)36-15-6-3-7-16-36/h2-31H. The quantitative estimate of drug-likeness (QED) is 0.166. The van der Waals surface area contributed by atoms with Gasteiger partial charge in [0.2, 0.25) is 0 Å². The summed E-state index contributed by atoms with van der Waals surface area (Å²) >= 11 is 0. The van der Waals surface area contributed by atoms with Gasteiger partial charge < -0.3 is 0 Å². The first-order valence-corrected chi connectivity index (χ1v) is 17.2. The molecule has 0 aliphatic heterocycles. The Bertz CT molecular complexity index is 2710. The minimum atomic E-state index is 0.628. The van der Waals surface area contributed by atoms with E-state index in [1.165, 1.54) is 32.7 Å². The third-order valence-corrected chi connectivity index (χ3v) is 9.58. The highest BCUT2D eigenvalue weighted by molar-refractivity contribution is 6.11. The summed E-state index contributed by atoms with van der Waals surface area (Å²) in [5.74, 6) is 1.91. The van der Waals surface area contributed by atoms with Crippen molar-refractivity contribution >= 4 is 27.2 Å². The second kappa shape index (κ2) is 13.2. The summed E-state index contributed by atoms with van der Waals surface area (Å²) in [6.45, 7) is 7.38. The van der Waals surface area contributed by atoms with E-state index in [-0.39, 0.29) is 0 Å². The third kappa shape index (κ3) is 5.67. The Morgan fingerprint density at radius 1 is 0.327 bits per heavy atom. The van der Waals surface area contributed by atoms with Gasteiger partial charge in [-0.25, -0.2) is 19.8 Å². The number of aromatic nitrogens is 3. The van der Waals surface area contributed by atoms with Crippen LogP contribution in [0.3, 0.4) is 0 Å². The Labute approximate surface area is 302 Å². The minimum Gasteiger partial charge on any atom is -0.238 e. The summed E-state index contributed by atoms with van der Waals surface area (Å²) in [5, 5.41) is 4.72. The molecule has 0 saturated carbocycles. The molecule has 0 N–H and O–H groups in total. The van der Waals surface area contributed by atoms with Crippen LogP contribution in [-0.2, 0) is 0 Å². The molecular formula is C48H30N4. The first-order chi connectivity index (χ1) is 25.7. The van der Waals surface area contributed by atoms with Crippen molar-refractivity contribution in [1.82, 2.24) is 15.0 Å². The topological polar surface area (TPSA) is 43.0 Å². The van der Waals surface area contributed by atoms with E-state index in [1.807, 2.05) is 84.9 Å². The van der Waals surface area contributed by atoms with E-state index < -0.39 is 0 Å². The first kappa shape index (κ1) is 30.8. The highest BCUT2D eigenvalue weighted by atomic mass is 15.0. The summed E-state index contributed by atoms with van der Waals surface area (Å²) in [4.78, 5) is 18.4. The lowest BCUT2D eigenvalue weighted by Crippen LogP contribution is -2.00. The Balaban J connectivity index is 1.19. The van der Waals surface area contributed by atoms with Crippen LogP contribution in [0.5, 0.6) is 0 Å². The van der Waals surface area contributed by atoms with Crippen molar-refractivity contribution in [3.63, 3.8) is 0 Å². The minimum absolute atomic E-state index is 0.628. The van der Waals surface area contributed by atoms with Crippen molar-refractivity contribution in [2.24, 2.45) is 0 Å². The van der Waals surface area contributed by atoms with Crippen LogP contribution in [0.4, 0.5) is 5.69 Å². The lowest BCUT2D eigenvalue weighted by Gasteiger charge is -2.18. The number of fused-ring (bicyclic) bond motifs is 2. The Kier molecular flexibility index (Phi) is 7.85. The fraction of sp³-hybridized carbons (Fsp3) is 0. The molecule has 1 heterocycles. The summed E-state index contributed by atoms with van der Waals surface area (Å²) in [7, 11) is 0. The van der Waals surface area contributed by atoms with Crippen LogP contribution in [-0.4, -0.2) is 15.0 Å². The molecule has 8 aromatic carbocycles. The lowest BCUT2D eigenvalue weighted by atomic mass is 9.86. The lowest BCUT2D eigenvalue weighted by molar-refractivity contribution is 1.07. The molecule has 0 aliphatic carbocycles. The SMILES string of the molecule is [C-]#[N+]c1ccc(-c2ccc(-c3ccc4ccccc4c3-c3ccc(-c4nc(-c5ccccc5)nc(-c5ccccc5)n4)cc3)c3ccccc23)cc1. The highest BCUT2D eigenvalue weighted by Gasteiger charge is 2.17. The zero-order valence-corrected chi connectivity index (χ0v) is 28.1. The van der Waals surface area contributed by atoms with E-state index in [2.05, 4.69) is 102 Å². The molecule has 4 nitrogen and oxygen atoms in total. The fourth-order valence-electron chi connectivity index (χ4n) is 7.03. The van der Waals surface area contributed by atoms with Gasteiger partial charge >= 0.3 is 0 Å². The van der Waals surface area contributed by atoms with Gasteiger partial charge in [-0.3, -0.25) is 0 Å². The number of nitrogens with zero attached hydrogens (tertiary/aromatic N) is 4. The fourth-order valence-corrected chi connectivity index (χ4v) is 7.03. The molecule has 0 bridgehead atoms. The molecule has 1 aromatic heterocycles. The molecule has 242 valence electrons. The van der Waals surface area contributed by atoms with E-state index in [0.29, 0.717) is 23.2 Å². The number of hydrogen-bond acceptors (Lipinski definition) is 3. The maximum Gasteiger partial charge on any atom is 0.187 e. The number of rotatable bonds is 6. The summed E-state index contributed by atoms with van der Waals surface area (Å²) in [5.41, 5.74) is 10.3. The second-order valence-electron chi connectivity index (χ2n) is 12.7. The van der Waals surface area contributed by atoms with E-state index >= 15 is 0 Å². The van der Waals surface area contributed by atoms with Crippen LogP contribution in [0, 0.1) is 6.57 Å². The molecule has 0 radical (unpaired) electrons. The van der Waals surface area contributed by atoms with Crippen molar-refractivity contribution < 1.29 is 0 Å². The van der Waals surface area contributed by atoms with E-state index in [1.54, 1.807) is 0 Å². The van der Waals surface area contributed by atoms with Crippen LogP contribution in [0.1, 0.15) is 0 Å². The van der Waals surface area contributed by atoms with Gasteiger partial charge in [0, 0.05) is 16.7 Å². The molecule has 52 heavy (non-hydrogen) atoms. The molecule has 4 heteroatoms. The zero-order valence-electron chi connectivity index (χ0n) is 28.1. The molecule has 9 aromatic rings. The molecular weight excluding hydrogens is 633 g/mol. The van der Waals surface area contributed by atoms with Crippen LogP contribution in [0.15, 0.2) is 182 Å². The molecule has 0 atom stereocenters. The average molecular weight is 663 g/mol. The predicted octanol–water partition coefficient (Wildman–Crippen LogP) is 12.7. The molecule has 0 aliphatic rings. The third-order valence-electron chi connectivity index (χ3n) is 9.58. The number of benzene rings is 8. The maximum absolute atomic E-state index is 7.38. The van der Waals surface area contributed by atoms with Crippen molar-refractivity contribution in [3.05, 3.63) is 193 Å². The van der Waals surface area contributed by atoms with Gasteiger partial charge in [0.1, 0.15) is 0 Å². The zero-order chi connectivity index (χ0) is 34.9. The summed E-state index contributed by atoms with van der Waals surface area (Å²) in [6.07, 6.45) is 0. The molecule has 0 amide bonds. The summed E-state index contributed by atoms with van der Waals surface area (Å²) < 4.78 is 0. The van der Waals surface area contributed by atoms with E-state index in [0.717, 1.165) is 38.9 Å². The van der Waals surface area contributed by atoms with Gasteiger partial charge in [-0.1, -0.05) is 182 Å². The van der Waals surface area contributed by atoms with Gasteiger partial charge in [0.05, 0.1) is 6.57 Å². The first-order valence-electron chi connectivity index (χ1n) is 17.2. The van der Waals surface area contributed by atoms with Crippen LogP contribution < -0.4 is 0 Å². The normalized spacial score (nSPS) is 11.1. The maximum atomic E-state index is 7.38. The Hall–Kier alpha value is -7.22. The second-order valence-corrected chi connectivity index (χ2v) is 12.7. The smallest absolute Gasteiger partial charge is 0.187 e. The van der Waals surface area contributed by atoms with Gasteiger partial charge in [-0.05, 0) is 54.9 Å². The van der Waals surface area contributed by atoms with Crippen molar-refractivity contribution in [2.45, 2.75) is 0 Å². The highest BCUT2D eigenvalue weighted by Crippen LogP contribution is 2.43. The Morgan fingerprint density at radius 2 is 0.769 bits per heavy atom. The Morgan fingerprint density at radius 3 is 1.37 bits per heavy atom. The summed E-state index contributed by atoms with van der Waals surface area (Å²) in [6, 6.07) is 62.7. The average Bonchev–Trinajstić information content (AvgIpc) is 3.23.